The van der Waals surface area contributed by atoms with Crippen molar-refractivity contribution in [3.63, 3.8) is 0 Å². The summed E-state index contributed by atoms with van der Waals surface area (Å²) >= 11 is 0. The van der Waals surface area contributed by atoms with E-state index in [0.29, 0.717) is 22.5 Å². The quantitative estimate of drug-likeness (QED) is 0.489. The minimum absolute atomic E-state index is 0.141. The van der Waals surface area contributed by atoms with Crippen LogP contribution < -0.4 is 9.80 Å². The highest BCUT2D eigenvalue weighted by molar-refractivity contribution is 5.89. The highest BCUT2D eigenvalue weighted by Crippen LogP contribution is 2.50. The molecule has 1 aromatic rings. The van der Waals surface area contributed by atoms with Crippen molar-refractivity contribution >= 4 is 23.4 Å². The van der Waals surface area contributed by atoms with E-state index in [1.54, 1.807) is 12.2 Å². The average Bonchev–Trinajstić information content (AvgIpc) is 3.32. The van der Waals surface area contributed by atoms with Gasteiger partial charge in [-0.1, -0.05) is 0 Å². The zero-order valence-electron chi connectivity index (χ0n) is 12.8. The van der Waals surface area contributed by atoms with E-state index in [0.717, 1.165) is 26.2 Å². The van der Waals surface area contributed by atoms with E-state index in [1.165, 1.54) is 6.92 Å². The van der Waals surface area contributed by atoms with Gasteiger partial charge in [0.25, 0.3) is 0 Å². The fraction of sp³-hybridized carbons (Fsp3) is 0.438. The first-order valence-electron chi connectivity index (χ1n) is 7.39. The summed E-state index contributed by atoms with van der Waals surface area (Å²) in [4.78, 5) is 14.8. The van der Waals surface area contributed by atoms with Gasteiger partial charge in [-0.3, -0.25) is 4.79 Å². The van der Waals surface area contributed by atoms with Crippen LogP contribution in [0.4, 0.5) is 11.4 Å². The van der Waals surface area contributed by atoms with Crippen molar-refractivity contribution in [1.29, 1.82) is 0 Å². The van der Waals surface area contributed by atoms with E-state index < -0.39 is 0 Å². The second-order valence-corrected chi connectivity index (χ2v) is 5.61. The summed E-state index contributed by atoms with van der Waals surface area (Å²) in [5.74, 6) is 0.0367. The van der Waals surface area contributed by atoms with Gasteiger partial charge in [0, 0.05) is 44.2 Å². The number of phenolic OH excluding ortho intramolecular Hbond substituents is 2. The van der Waals surface area contributed by atoms with Gasteiger partial charge in [-0.2, -0.15) is 0 Å². The van der Waals surface area contributed by atoms with Crippen LogP contribution in [0.15, 0.2) is 6.08 Å². The van der Waals surface area contributed by atoms with Gasteiger partial charge in [-0.15, -0.1) is 0 Å². The van der Waals surface area contributed by atoms with Gasteiger partial charge in [0.15, 0.2) is 0 Å². The minimum atomic E-state index is -0.350. The van der Waals surface area contributed by atoms with Gasteiger partial charge in [0.2, 0.25) is 0 Å². The van der Waals surface area contributed by atoms with E-state index >= 15 is 0 Å². The second-order valence-electron chi connectivity index (χ2n) is 5.61. The number of carbonyl (C=O) groups excluding carboxylic acids is 1. The van der Waals surface area contributed by atoms with Crippen LogP contribution in [0.3, 0.4) is 0 Å². The summed E-state index contributed by atoms with van der Waals surface area (Å²) in [6.07, 6.45) is 3.38. The van der Waals surface area contributed by atoms with Crippen LogP contribution in [0, 0.1) is 6.92 Å². The maximum absolute atomic E-state index is 10.8. The molecule has 0 aliphatic carbocycles. The Morgan fingerprint density at radius 1 is 1.14 bits per heavy atom. The lowest BCUT2D eigenvalue weighted by Gasteiger charge is -2.19. The van der Waals surface area contributed by atoms with Crippen LogP contribution in [-0.4, -0.2) is 49.0 Å². The van der Waals surface area contributed by atoms with E-state index in [4.69, 9.17) is 4.74 Å². The maximum atomic E-state index is 10.8. The number of anilines is 2. The molecule has 2 aliphatic heterocycles. The summed E-state index contributed by atoms with van der Waals surface area (Å²) in [6.45, 7) is 6.80. The van der Waals surface area contributed by atoms with Gasteiger partial charge >= 0.3 is 5.97 Å². The van der Waals surface area contributed by atoms with Crippen molar-refractivity contribution in [3.8, 4) is 11.5 Å². The SMILES string of the molecule is CC(=O)OC/C=C/c1c(O)c(N2CC2)c(C)c(O)c1N1CC1. The van der Waals surface area contributed by atoms with Crippen molar-refractivity contribution in [3.05, 3.63) is 17.2 Å². The number of carbonyl (C=O) groups is 1. The molecule has 0 atom stereocenters. The standard InChI is InChI=1S/C16H20N2O4/c1-10-13(17-5-6-17)16(21)12(4-3-9-22-11(2)19)14(15(10)20)18-7-8-18/h3-4,20-21H,5-9H2,1-2H3/b4-3+. The monoisotopic (exact) mass is 304 g/mol. The number of hydrogen-bond donors (Lipinski definition) is 2. The van der Waals surface area contributed by atoms with Gasteiger partial charge in [0.05, 0.1) is 11.4 Å². The largest absolute Gasteiger partial charge is 0.505 e. The third kappa shape index (κ3) is 2.68. The number of rotatable bonds is 5. The highest BCUT2D eigenvalue weighted by atomic mass is 16.5. The van der Waals surface area contributed by atoms with E-state index in [9.17, 15) is 15.0 Å². The van der Waals surface area contributed by atoms with Crippen molar-refractivity contribution in [2.24, 2.45) is 0 Å². The molecule has 0 spiro atoms. The molecule has 3 rings (SSSR count). The molecular formula is C16H20N2O4. The van der Waals surface area contributed by atoms with Crippen LogP contribution in [0.1, 0.15) is 18.1 Å². The molecule has 0 unspecified atom stereocenters. The number of aromatic hydroxyl groups is 2. The molecule has 2 fully saturated rings. The van der Waals surface area contributed by atoms with Crippen LogP contribution >= 0.6 is 0 Å². The predicted octanol–water partition coefficient (Wildman–Crippen LogP) is 1.62. The molecule has 2 N–H and O–H groups in total. The lowest BCUT2D eigenvalue weighted by molar-refractivity contribution is -0.139. The van der Waals surface area contributed by atoms with Gasteiger partial charge in [0.1, 0.15) is 18.1 Å². The van der Waals surface area contributed by atoms with Crippen molar-refractivity contribution in [2.75, 3.05) is 42.6 Å². The predicted molar refractivity (Wildman–Crippen MR) is 84.6 cm³/mol. The summed E-state index contributed by atoms with van der Waals surface area (Å²) in [5.41, 5.74) is 2.62. The number of esters is 1. The number of phenols is 2. The Bertz CT molecular complexity index is 646. The fourth-order valence-electron chi connectivity index (χ4n) is 2.58. The summed E-state index contributed by atoms with van der Waals surface area (Å²) in [7, 11) is 0. The number of ether oxygens (including phenoxy) is 1. The summed E-state index contributed by atoms with van der Waals surface area (Å²) < 4.78 is 4.87. The third-order valence-corrected chi connectivity index (χ3v) is 3.86. The molecule has 0 bridgehead atoms. The van der Waals surface area contributed by atoms with Crippen LogP contribution in [0.2, 0.25) is 0 Å². The zero-order chi connectivity index (χ0) is 15.9. The smallest absolute Gasteiger partial charge is 0.302 e. The first kappa shape index (κ1) is 14.6. The number of hydrogen-bond acceptors (Lipinski definition) is 6. The van der Waals surface area contributed by atoms with E-state index in [1.807, 2.05) is 16.7 Å². The molecule has 2 aliphatic rings. The lowest BCUT2D eigenvalue weighted by atomic mass is 10.0. The topological polar surface area (TPSA) is 72.8 Å². The zero-order valence-corrected chi connectivity index (χ0v) is 12.8. The molecule has 22 heavy (non-hydrogen) atoms. The maximum Gasteiger partial charge on any atom is 0.302 e. The van der Waals surface area contributed by atoms with Crippen molar-refractivity contribution in [2.45, 2.75) is 13.8 Å². The molecule has 6 heteroatoms. The minimum Gasteiger partial charge on any atom is -0.505 e. The first-order valence-corrected chi connectivity index (χ1v) is 7.39. The molecule has 2 heterocycles. The Balaban J connectivity index is 2.00. The molecule has 2 saturated heterocycles. The Hall–Kier alpha value is -2.37. The molecule has 6 nitrogen and oxygen atoms in total. The Morgan fingerprint density at radius 3 is 2.27 bits per heavy atom. The lowest BCUT2D eigenvalue weighted by Crippen LogP contribution is -2.03. The first-order chi connectivity index (χ1) is 10.5. The molecule has 0 amide bonds. The molecule has 1 aromatic carbocycles. The van der Waals surface area contributed by atoms with Gasteiger partial charge < -0.3 is 24.7 Å². The molecular weight excluding hydrogens is 284 g/mol. The average molecular weight is 304 g/mol. The van der Waals surface area contributed by atoms with Crippen molar-refractivity contribution in [1.82, 2.24) is 0 Å². The van der Waals surface area contributed by atoms with Gasteiger partial charge in [-0.25, -0.2) is 0 Å². The fourth-order valence-corrected chi connectivity index (χ4v) is 2.58. The molecule has 118 valence electrons. The summed E-state index contributed by atoms with van der Waals surface area (Å²) in [6, 6.07) is 0. The van der Waals surface area contributed by atoms with Crippen molar-refractivity contribution < 1.29 is 19.7 Å². The molecule has 0 aromatic heterocycles. The Morgan fingerprint density at radius 2 is 1.73 bits per heavy atom. The van der Waals surface area contributed by atoms with E-state index in [2.05, 4.69) is 0 Å². The molecule has 0 radical (unpaired) electrons. The normalized spacial score (nSPS) is 16.3. The Labute approximate surface area is 129 Å². The number of benzene rings is 1. The van der Waals surface area contributed by atoms with Crippen LogP contribution in [0.25, 0.3) is 6.08 Å². The second kappa shape index (κ2) is 5.44. The third-order valence-electron chi connectivity index (χ3n) is 3.86. The molecule has 0 saturated carbocycles. The van der Waals surface area contributed by atoms with Crippen LogP contribution in [0.5, 0.6) is 11.5 Å². The van der Waals surface area contributed by atoms with E-state index in [-0.39, 0.29) is 24.1 Å². The Kier molecular flexibility index (Phi) is 3.60. The number of nitrogens with zero attached hydrogens (tertiary/aromatic N) is 2. The van der Waals surface area contributed by atoms with Crippen LogP contribution in [-0.2, 0) is 9.53 Å². The highest BCUT2D eigenvalue weighted by Gasteiger charge is 2.33. The van der Waals surface area contributed by atoms with Gasteiger partial charge in [-0.05, 0) is 19.1 Å². The summed E-state index contributed by atoms with van der Waals surface area (Å²) in [5, 5.41) is 21.1.